The lowest BCUT2D eigenvalue weighted by Gasteiger charge is -2.11. The average molecular weight is 496 g/mol. The number of carbonyl (C=O) groups is 1. The highest BCUT2D eigenvalue weighted by molar-refractivity contribution is 7.92. The van der Waals surface area contributed by atoms with Crippen molar-refractivity contribution in [2.75, 3.05) is 21.0 Å². The molecule has 0 saturated carbocycles. The summed E-state index contributed by atoms with van der Waals surface area (Å²) in [6, 6.07) is 11.1. The van der Waals surface area contributed by atoms with Crippen LogP contribution in [0.4, 0.5) is 17.3 Å². The molecule has 0 aliphatic rings. The quantitative estimate of drug-likeness (QED) is 0.456. The van der Waals surface area contributed by atoms with Crippen LogP contribution in [0.2, 0.25) is 5.02 Å². The molecule has 0 aliphatic carbocycles. The first-order chi connectivity index (χ1) is 14.9. The van der Waals surface area contributed by atoms with Crippen LogP contribution in [0.25, 0.3) is 0 Å². The van der Waals surface area contributed by atoms with Crippen LogP contribution in [0.15, 0.2) is 59.6 Å². The first-order valence-corrected chi connectivity index (χ1v) is 12.7. The van der Waals surface area contributed by atoms with Crippen molar-refractivity contribution in [3.05, 3.63) is 71.0 Å². The third-order valence-corrected chi connectivity index (χ3v) is 6.24. The van der Waals surface area contributed by atoms with Crippen molar-refractivity contribution in [3.63, 3.8) is 0 Å². The van der Waals surface area contributed by atoms with Gasteiger partial charge < -0.3 is 5.32 Å². The van der Waals surface area contributed by atoms with Gasteiger partial charge in [-0.15, -0.1) is 0 Å². The van der Waals surface area contributed by atoms with Crippen molar-refractivity contribution in [3.8, 4) is 0 Å². The molecular weight excluding hydrogens is 478 g/mol. The number of carbonyl (C=O) groups excluding carboxylic acids is 1. The second-order valence-corrected chi connectivity index (χ2v) is 10.5. The minimum absolute atomic E-state index is 0.0373. The maximum atomic E-state index is 12.6. The first-order valence-electron chi connectivity index (χ1n) is 8.94. The molecule has 2 aromatic carbocycles. The molecule has 32 heavy (non-hydrogen) atoms. The fourth-order valence-electron chi connectivity index (χ4n) is 2.57. The Kier molecular flexibility index (Phi) is 6.67. The predicted molar refractivity (Wildman–Crippen MR) is 122 cm³/mol. The zero-order valence-corrected chi connectivity index (χ0v) is 19.2. The Morgan fingerprint density at radius 2 is 1.59 bits per heavy atom. The SMILES string of the molecule is Cc1ccnc(NS(=O)(=O)c2ccc(NC(=O)c3cc(NS(C)(=O)=O)ccc3Cl)cc2)n1. The fourth-order valence-corrected chi connectivity index (χ4v) is 4.28. The summed E-state index contributed by atoms with van der Waals surface area (Å²) < 4.78 is 52.4. The van der Waals surface area contributed by atoms with Gasteiger partial charge in [-0.05, 0) is 55.5 Å². The van der Waals surface area contributed by atoms with Crippen molar-refractivity contribution in [2.24, 2.45) is 0 Å². The molecule has 3 N–H and O–H groups in total. The number of aryl methyl sites for hydroxylation is 1. The van der Waals surface area contributed by atoms with Crippen molar-refractivity contribution in [1.82, 2.24) is 9.97 Å². The Hall–Kier alpha value is -3.22. The Balaban J connectivity index is 1.76. The van der Waals surface area contributed by atoms with Crippen LogP contribution < -0.4 is 14.8 Å². The van der Waals surface area contributed by atoms with Gasteiger partial charge >= 0.3 is 0 Å². The second-order valence-electron chi connectivity index (χ2n) is 6.67. The summed E-state index contributed by atoms with van der Waals surface area (Å²) in [7, 11) is -7.46. The monoisotopic (exact) mass is 495 g/mol. The number of hydrogen-bond donors (Lipinski definition) is 3. The number of benzene rings is 2. The summed E-state index contributed by atoms with van der Waals surface area (Å²) in [5.74, 6) is -0.659. The Bertz CT molecular complexity index is 1380. The number of nitrogens with one attached hydrogen (secondary N) is 3. The molecule has 13 heteroatoms. The Labute approximate surface area is 190 Å². The number of halogens is 1. The van der Waals surface area contributed by atoms with Crippen LogP contribution in [-0.4, -0.2) is 39.0 Å². The van der Waals surface area contributed by atoms with E-state index < -0.39 is 26.0 Å². The number of amides is 1. The van der Waals surface area contributed by atoms with Gasteiger partial charge in [-0.3, -0.25) is 9.52 Å². The Morgan fingerprint density at radius 3 is 2.22 bits per heavy atom. The van der Waals surface area contributed by atoms with Gasteiger partial charge in [-0.1, -0.05) is 11.6 Å². The molecule has 3 rings (SSSR count). The van der Waals surface area contributed by atoms with E-state index in [0.29, 0.717) is 11.4 Å². The summed E-state index contributed by atoms with van der Waals surface area (Å²) in [6.07, 6.45) is 2.42. The molecule has 0 atom stereocenters. The molecular formula is C19H18ClN5O5S2. The van der Waals surface area contributed by atoms with Gasteiger partial charge in [-0.2, -0.15) is 0 Å². The lowest BCUT2D eigenvalue weighted by Crippen LogP contribution is -2.16. The zero-order chi connectivity index (χ0) is 23.5. The maximum Gasteiger partial charge on any atom is 0.264 e. The third-order valence-electron chi connectivity index (χ3n) is 3.96. The number of anilines is 3. The highest BCUT2D eigenvalue weighted by Crippen LogP contribution is 2.23. The molecule has 0 fully saturated rings. The number of rotatable bonds is 7. The molecule has 0 aliphatic heterocycles. The molecule has 1 aromatic heterocycles. The average Bonchev–Trinajstić information content (AvgIpc) is 2.68. The summed E-state index contributed by atoms with van der Waals surface area (Å²) >= 11 is 6.06. The van der Waals surface area contributed by atoms with E-state index in [9.17, 15) is 21.6 Å². The fraction of sp³-hybridized carbons (Fsp3) is 0.105. The predicted octanol–water partition coefficient (Wildman–Crippen LogP) is 2.86. The minimum atomic E-state index is -3.93. The van der Waals surface area contributed by atoms with Crippen LogP contribution in [0.3, 0.4) is 0 Å². The van der Waals surface area contributed by atoms with E-state index in [1.54, 1.807) is 13.0 Å². The minimum Gasteiger partial charge on any atom is -0.322 e. The van der Waals surface area contributed by atoms with Gasteiger partial charge in [0.1, 0.15) is 0 Å². The molecule has 10 nitrogen and oxygen atoms in total. The lowest BCUT2D eigenvalue weighted by atomic mass is 10.2. The number of aromatic nitrogens is 2. The smallest absolute Gasteiger partial charge is 0.264 e. The van der Waals surface area contributed by atoms with Crippen LogP contribution in [-0.2, 0) is 20.0 Å². The van der Waals surface area contributed by atoms with Gasteiger partial charge in [0.15, 0.2) is 0 Å². The molecule has 3 aromatic rings. The van der Waals surface area contributed by atoms with E-state index in [1.807, 2.05) is 0 Å². The molecule has 168 valence electrons. The largest absolute Gasteiger partial charge is 0.322 e. The topological polar surface area (TPSA) is 147 Å². The van der Waals surface area contributed by atoms with Gasteiger partial charge in [0.05, 0.1) is 21.7 Å². The van der Waals surface area contributed by atoms with E-state index in [4.69, 9.17) is 11.6 Å². The molecule has 0 spiro atoms. The van der Waals surface area contributed by atoms with E-state index in [0.717, 1.165) is 6.26 Å². The third kappa shape index (κ3) is 6.15. The Morgan fingerprint density at radius 1 is 0.938 bits per heavy atom. The van der Waals surface area contributed by atoms with E-state index >= 15 is 0 Å². The van der Waals surface area contributed by atoms with Crippen molar-refractivity contribution in [1.29, 1.82) is 0 Å². The van der Waals surface area contributed by atoms with E-state index in [2.05, 4.69) is 24.7 Å². The van der Waals surface area contributed by atoms with E-state index in [1.165, 1.54) is 48.7 Å². The van der Waals surface area contributed by atoms with Crippen LogP contribution in [0, 0.1) is 6.92 Å². The van der Waals surface area contributed by atoms with Gasteiger partial charge in [-0.25, -0.2) is 31.5 Å². The summed E-state index contributed by atoms with van der Waals surface area (Å²) in [5.41, 5.74) is 1.12. The van der Waals surface area contributed by atoms with E-state index in [-0.39, 0.29) is 27.1 Å². The highest BCUT2D eigenvalue weighted by atomic mass is 35.5. The molecule has 0 unspecified atom stereocenters. The first kappa shape index (κ1) is 23.4. The summed E-state index contributed by atoms with van der Waals surface area (Å²) in [4.78, 5) is 20.4. The standard InChI is InChI=1S/C19H18ClN5O5S2/c1-12-9-10-21-19(22-12)25-32(29,30)15-6-3-13(4-7-15)23-18(26)16-11-14(5-8-17(16)20)24-31(2,27)28/h3-11,24H,1-2H3,(H,23,26)(H,21,22,25). The molecule has 0 saturated heterocycles. The molecule has 0 bridgehead atoms. The van der Waals surface area contributed by atoms with Crippen molar-refractivity contribution in [2.45, 2.75) is 11.8 Å². The van der Waals surface area contributed by atoms with Crippen LogP contribution >= 0.6 is 11.6 Å². The number of hydrogen-bond acceptors (Lipinski definition) is 7. The van der Waals surface area contributed by atoms with Crippen molar-refractivity contribution < 1.29 is 21.6 Å². The summed E-state index contributed by atoms with van der Waals surface area (Å²) in [6.45, 7) is 1.70. The van der Waals surface area contributed by atoms with Crippen molar-refractivity contribution >= 4 is 54.9 Å². The molecule has 0 radical (unpaired) electrons. The normalized spacial score (nSPS) is 11.6. The lowest BCUT2D eigenvalue weighted by molar-refractivity contribution is 0.102. The zero-order valence-electron chi connectivity index (χ0n) is 16.8. The van der Waals surface area contributed by atoms with Crippen LogP contribution in [0.1, 0.15) is 16.1 Å². The van der Waals surface area contributed by atoms with Gasteiger partial charge in [0.2, 0.25) is 16.0 Å². The highest BCUT2D eigenvalue weighted by Gasteiger charge is 2.17. The maximum absolute atomic E-state index is 12.6. The number of sulfonamides is 2. The van der Waals surface area contributed by atoms with Gasteiger partial charge in [0, 0.05) is 23.3 Å². The van der Waals surface area contributed by atoms with Gasteiger partial charge in [0.25, 0.3) is 15.9 Å². The number of nitrogens with zero attached hydrogens (tertiary/aromatic N) is 2. The summed E-state index contributed by atoms with van der Waals surface area (Å²) in [5, 5.41) is 2.70. The second kappa shape index (κ2) is 9.10. The molecule has 1 heterocycles. The van der Waals surface area contributed by atoms with Crippen LogP contribution in [0.5, 0.6) is 0 Å². The molecule has 1 amide bonds.